The van der Waals surface area contributed by atoms with E-state index in [1.54, 1.807) is 57.8 Å². The molecule has 4 saturated carbocycles. The molecule has 0 bridgehead atoms. The van der Waals surface area contributed by atoms with E-state index in [2.05, 4.69) is 27.7 Å². The molecule has 4 rings (SSSR count). The van der Waals surface area contributed by atoms with Gasteiger partial charge in [0.1, 0.15) is 0 Å². The molecule has 0 N–H and O–H groups in total. The first kappa shape index (κ1) is 21.2. The third kappa shape index (κ3) is 3.85. The molecular formula is C28H50. The largest absolute Gasteiger partial charge is 0.0628 e. The molecule has 4 fully saturated rings. The van der Waals surface area contributed by atoms with Crippen LogP contribution in [0, 0.1) is 46.3 Å². The SMILES string of the molecule is CC(C)CCCCCCC1CCC2C3CCC4CCCCC4(C)C3CCC12C. The van der Waals surface area contributed by atoms with Crippen molar-refractivity contribution in [3.8, 4) is 0 Å². The molecule has 0 spiro atoms. The van der Waals surface area contributed by atoms with Gasteiger partial charge in [0, 0.05) is 0 Å². The molecule has 7 atom stereocenters. The first-order valence-corrected chi connectivity index (χ1v) is 13.4. The highest BCUT2D eigenvalue weighted by Crippen LogP contribution is 2.67. The van der Waals surface area contributed by atoms with Crippen molar-refractivity contribution in [3.05, 3.63) is 0 Å². The zero-order chi connectivity index (χ0) is 19.8. The van der Waals surface area contributed by atoms with Crippen molar-refractivity contribution in [1.29, 1.82) is 0 Å². The van der Waals surface area contributed by atoms with Crippen LogP contribution in [0.1, 0.15) is 130 Å². The summed E-state index contributed by atoms with van der Waals surface area (Å²) >= 11 is 0. The molecule has 28 heavy (non-hydrogen) atoms. The van der Waals surface area contributed by atoms with Crippen LogP contribution in [0.2, 0.25) is 0 Å². The van der Waals surface area contributed by atoms with Gasteiger partial charge in [-0.2, -0.15) is 0 Å². The van der Waals surface area contributed by atoms with Gasteiger partial charge < -0.3 is 0 Å². The van der Waals surface area contributed by atoms with Crippen molar-refractivity contribution < 1.29 is 0 Å². The van der Waals surface area contributed by atoms with Gasteiger partial charge in [-0.15, -0.1) is 0 Å². The summed E-state index contributed by atoms with van der Waals surface area (Å²) in [6, 6.07) is 0. The maximum atomic E-state index is 2.75. The number of rotatable bonds is 7. The average Bonchev–Trinajstić information content (AvgIpc) is 3.00. The Kier molecular flexibility index (Phi) is 6.54. The molecule has 0 radical (unpaired) electrons. The normalized spacial score (nSPS) is 45.5. The van der Waals surface area contributed by atoms with E-state index in [9.17, 15) is 0 Å². The van der Waals surface area contributed by atoms with Crippen LogP contribution in [0.25, 0.3) is 0 Å². The van der Waals surface area contributed by atoms with Gasteiger partial charge in [0.25, 0.3) is 0 Å². The van der Waals surface area contributed by atoms with E-state index in [1.165, 1.54) is 44.9 Å². The predicted molar refractivity (Wildman–Crippen MR) is 122 cm³/mol. The summed E-state index contributed by atoms with van der Waals surface area (Å²) in [5.41, 5.74) is 1.42. The Bertz CT molecular complexity index is 506. The molecule has 0 heteroatoms. The van der Waals surface area contributed by atoms with Crippen molar-refractivity contribution >= 4 is 0 Å². The minimum absolute atomic E-state index is 0.705. The minimum atomic E-state index is 0.705. The molecule has 0 aliphatic heterocycles. The zero-order valence-corrected chi connectivity index (χ0v) is 19.8. The standard InChI is InChI=1S/C28H50/c1-21(2)11-7-5-6-8-12-23-15-17-25-24-16-14-22-13-9-10-19-27(22,3)26(24)18-20-28(23,25)4/h21-26H,5-20H2,1-4H3. The third-order valence-corrected chi connectivity index (χ3v) is 10.9. The van der Waals surface area contributed by atoms with Gasteiger partial charge in [0.2, 0.25) is 0 Å². The van der Waals surface area contributed by atoms with Gasteiger partial charge in [0.15, 0.2) is 0 Å². The van der Waals surface area contributed by atoms with Crippen LogP contribution in [-0.4, -0.2) is 0 Å². The van der Waals surface area contributed by atoms with E-state index >= 15 is 0 Å². The van der Waals surface area contributed by atoms with Crippen molar-refractivity contribution in [2.24, 2.45) is 46.3 Å². The van der Waals surface area contributed by atoms with Gasteiger partial charge in [-0.05, 0) is 104 Å². The monoisotopic (exact) mass is 386 g/mol. The highest BCUT2D eigenvalue weighted by molar-refractivity contribution is 5.08. The highest BCUT2D eigenvalue weighted by Gasteiger charge is 2.59. The summed E-state index contributed by atoms with van der Waals surface area (Å²) in [5.74, 6) is 6.28. The molecule has 0 saturated heterocycles. The molecule has 7 unspecified atom stereocenters. The van der Waals surface area contributed by atoms with E-state index in [4.69, 9.17) is 0 Å². The van der Waals surface area contributed by atoms with Crippen LogP contribution in [0.5, 0.6) is 0 Å². The minimum Gasteiger partial charge on any atom is -0.0628 e. The molecule has 4 aliphatic carbocycles. The Morgan fingerprint density at radius 2 is 1.50 bits per heavy atom. The van der Waals surface area contributed by atoms with Crippen molar-refractivity contribution in [3.63, 3.8) is 0 Å². The second-order valence-electron chi connectivity index (χ2n) is 12.6. The van der Waals surface area contributed by atoms with Gasteiger partial charge in [-0.1, -0.05) is 72.6 Å². The number of unbranched alkanes of at least 4 members (excludes halogenated alkanes) is 3. The van der Waals surface area contributed by atoms with Gasteiger partial charge in [0.05, 0.1) is 0 Å². The van der Waals surface area contributed by atoms with Crippen LogP contribution in [-0.2, 0) is 0 Å². The van der Waals surface area contributed by atoms with E-state index in [0.717, 1.165) is 40.9 Å². The molecule has 4 aliphatic rings. The molecule has 162 valence electrons. The van der Waals surface area contributed by atoms with Gasteiger partial charge in [-0.25, -0.2) is 0 Å². The van der Waals surface area contributed by atoms with E-state index in [0.29, 0.717) is 5.41 Å². The van der Waals surface area contributed by atoms with Crippen LogP contribution >= 0.6 is 0 Å². The lowest BCUT2D eigenvalue weighted by Crippen LogP contribution is -2.52. The second kappa shape index (κ2) is 8.63. The van der Waals surface area contributed by atoms with Crippen LogP contribution in [0.3, 0.4) is 0 Å². The Morgan fingerprint density at radius 3 is 2.32 bits per heavy atom. The Labute approximate surface area is 177 Å². The maximum Gasteiger partial charge on any atom is -0.0266 e. The quantitative estimate of drug-likeness (QED) is 0.383. The Hall–Kier alpha value is 0. The first-order chi connectivity index (χ1) is 13.4. The van der Waals surface area contributed by atoms with Crippen LogP contribution < -0.4 is 0 Å². The Morgan fingerprint density at radius 1 is 0.714 bits per heavy atom. The molecule has 0 heterocycles. The van der Waals surface area contributed by atoms with Crippen molar-refractivity contribution in [1.82, 2.24) is 0 Å². The second-order valence-corrected chi connectivity index (χ2v) is 12.6. The summed E-state index contributed by atoms with van der Waals surface area (Å²) in [7, 11) is 0. The molecule has 0 aromatic rings. The fraction of sp³-hybridized carbons (Fsp3) is 1.00. The summed E-state index contributed by atoms with van der Waals surface area (Å²) in [4.78, 5) is 0. The average molecular weight is 387 g/mol. The summed E-state index contributed by atoms with van der Waals surface area (Å²) in [6.07, 6.45) is 24.6. The van der Waals surface area contributed by atoms with Crippen LogP contribution in [0.4, 0.5) is 0 Å². The topological polar surface area (TPSA) is 0 Å². The van der Waals surface area contributed by atoms with Gasteiger partial charge in [-0.3, -0.25) is 0 Å². The first-order valence-electron chi connectivity index (χ1n) is 13.4. The van der Waals surface area contributed by atoms with Crippen molar-refractivity contribution in [2.75, 3.05) is 0 Å². The maximum absolute atomic E-state index is 2.75. The lowest BCUT2D eigenvalue weighted by Gasteiger charge is -2.60. The molecular weight excluding hydrogens is 336 g/mol. The number of hydrogen-bond donors (Lipinski definition) is 0. The summed E-state index contributed by atoms with van der Waals surface area (Å²) < 4.78 is 0. The van der Waals surface area contributed by atoms with Gasteiger partial charge >= 0.3 is 0 Å². The van der Waals surface area contributed by atoms with E-state index in [1.807, 2.05) is 0 Å². The molecule has 0 aromatic heterocycles. The number of hydrogen-bond acceptors (Lipinski definition) is 0. The van der Waals surface area contributed by atoms with Crippen molar-refractivity contribution in [2.45, 2.75) is 130 Å². The Balaban J connectivity index is 1.33. The highest BCUT2D eigenvalue weighted by atomic mass is 14.6. The fourth-order valence-electron chi connectivity index (χ4n) is 9.18. The molecule has 0 nitrogen and oxygen atoms in total. The van der Waals surface area contributed by atoms with Crippen LogP contribution in [0.15, 0.2) is 0 Å². The lowest BCUT2D eigenvalue weighted by molar-refractivity contribution is -0.111. The lowest BCUT2D eigenvalue weighted by atomic mass is 9.45. The molecule has 0 aromatic carbocycles. The summed E-state index contributed by atoms with van der Waals surface area (Å²) in [5, 5.41) is 0. The van der Waals surface area contributed by atoms with E-state index in [-0.39, 0.29) is 0 Å². The third-order valence-electron chi connectivity index (χ3n) is 10.9. The van der Waals surface area contributed by atoms with E-state index < -0.39 is 0 Å². The number of fused-ring (bicyclic) bond motifs is 5. The smallest absolute Gasteiger partial charge is 0.0266 e. The predicted octanol–water partition coefficient (Wildman–Crippen LogP) is 9.03. The summed E-state index contributed by atoms with van der Waals surface area (Å²) in [6.45, 7) is 10.2. The zero-order valence-electron chi connectivity index (χ0n) is 19.8. The fourth-order valence-corrected chi connectivity index (χ4v) is 9.18. The molecule has 0 amide bonds.